The van der Waals surface area contributed by atoms with Crippen molar-refractivity contribution >= 4 is 21.5 Å². The first kappa shape index (κ1) is 16.8. The Morgan fingerprint density at radius 1 is 1.12 bits per heavy atom. The van der Waals surface area contributed by atoms with E-state index in [9.17, 15) is 8.42 Å². The first-order valence-electron chi connectivity index (χ1n) is 8.47. The molecule has 1 aliphatic carbocycles. The lowest BCUT2D eigenvalue weighted by atomic mass is 10.2. The van der Waals surface area contributed by atoms with Gasteiger partial charge in [-0.25, -0.2) is 13.4 Å². The molecule has 5 nitrogen and oxygen atoms in total. The van der Waals surface area contributed by atoms with E-state index in [2.05, 4.69) is 10.3 Å². The molecule has 6 heteroatoms. The molecule has 0 atom stereocenters. The molecule has 0 aliphatic heterocycles. The van der Waals surface area contributed by atoms with Crippen molar-refractivity contribution in [3.05, 3.63) is 48.7 Å². The van der Waals surface area contributed by atoms with Gasteiger partial charge in [-0.3, -0.25) is 9.62 Å². The van der Waals surface area contributed by atoms with Crippen LogP contribution in [-0.4, -0.2) is 21.0 Å². The summed E-state index contributed by atoms with van der Waals surface area (Å²) in [6.07, 6.45) is 6.43. The predicted octanol–water partition coefficient (Wildman–Crippen LogP) is 3.07. The van der Waals surface area contributed by atoms with E-state index < -0.39 is 10.0 Å². The zero-order chi connectivity index (χ0) is 17.0. The van der Waals surface area contributed by atoms with Gasteiger partial charge in [-0.05, 0) is 50.8 Å². The quantitative estimate of drug-likeness (QED) is 0.874. The average Bonchev–Trinajstić information content (AvgIpc) is 3.10. The van der Waals surface area contributed by atoms with Gasteiger partial charge in [0.2, 0.25) is 0 Å². The summed E-state index contributed by atoms with van der Waals surface area (Å²) in [4.78, 5) is 3.35. The number of hydrogen-bond acceptors (Lipinski definition) is 3. The van der Waals surface area contributed by atoms with Crippen LogP contribution in [0.1, 0.15) is 32.6 Å². The first-order valence-corrected chi connectivity index (χ1v) is 9.91. The van der Waals surface area contributed by atoms with Crippen LogP contribution in [0.5, 0.6) is 0 Å². The smallest absolute Gasteiger partial charge is 0.272 e. The second-order valence-corrected chi connectivity index (χ2v) is 7.93. The second kappa shape index (κ2) is 7.21. The summed E-state index contributed by atoms with van der Waals surface area (Å²) in [7, 11) is -3.57. The summed E-state index contributed by atoms with van der Waals surface area (Å²) < 4.78 is 27.2. The van der Waals surface area contributed by atoms with Crippen molar-refractivity contribution < 1.29 is 13.4 Å². The van der Waals surface area contributed by atoms with Gasteiger partial charge in [-0.15, -0.1) is 0 Å². The number of nitrogens with one attached hydrogen (secondary N) is 2. The van der Waals surface area contributed by atoms with Crippen LogP contribution in [0.15, 0.2) is 53.6 Å². The molecule has 2 aromatic rings. The van der Waals surface area contributed by atoms with Crippen molar-refractivity contribution in [1.29, 1.82) is 0 Å². The summed E-state index contributed by atoms with van der Waals surface area (Å²) in [5.41, 5.74) is 0.674. The van der Waals surface area contributed by atoms with Crippen molar-refractivity contribution in [2.45, 2.75) is 43.5 Å². The molecule has 0 unspecified atom stereocenters. The highest BCUT2D eigenvalue weighted by Crippen LogP contribution is 2.24. The van der Waals surface area contributed by atoms with Crippen LogP contribution in [-0.2, 0) is 10.0 Å². The number of rotatable bonds is 6. The third-order valence-electron chi connectivity index (χ3n) is 4.42. The zero-order valence-corrected chi connectivity index (χ0v) is 14.7. The number of aromatic amines is 1. The van der Waals surface area contributed by atoms with Crippen LogP contribution in [0, 0.1) is 0 Å². The molecular formula is C18H24N3O2S+. The minimum atomic E-state index is -3.57. The van der Waals surface area contributed by atoms with E-state index in [1.165, 1.54) is 30.0 Å². The number of para-hydroxylation sites is 1. The molecule has 128 valence electrons. The molecule has 1 aromatic carbocycles. The first-order chi connectivity index (χ1) is 11.6. The van der Waals surface area contributed by atoms with Crippen LogP contribution in [0.3, 0.4) is 0 Å². The summed E-state index contributed by atoms with van der Waals surface area (Å²) in [6.45, 7) is 2.22. The van der Waals surface area contributed by atoms with E-state index >= 15 is 0 Å². The number of nitrogens with zero attached hydrogens (tertiary/aromatic N) is 1. The monoisotopic (exact) mass is 346 g/mol. The largest absolute Gasteiger partial charge is 0.272 e. The van der Waals surface area contributed by atoms with Gasteiger partial charge in [-0.1, -0.05) is 18.2 Å². The van der Waals surface area contributed by atoms with Gasteiger partial charge >= 0.3 is 0 Å². The molecule has 1 heterocycles. The Hall–Kier alpha value is -2.08. The van der Waals surface area contributed by atoms with Crippen LogP contribution < -0.4 is 14.6 Å². The van der Waals surface area contributed by atoms with E-state index in [0.717, 1.165) is 5.82 Å². The number of aromatic nitrogens is 1. The van der Waals surface area contributed by atoms with Crippen molar-refractivity contribution in [3.8, 4) is 0 Å². The molecule has 1 aliphatic rings. The Bertz CT molecular complexity index is 755. The van der Waals surface area contributed by atoms with Gasteiger partial charge in [-0.2, -0.15) is 0 Å². The normalized spacial score (nSPS) is 15.4. The van der Waals surface area contributed by atoms with Crippen LogP contribution in [0.25, 0.3) is 0 Å². The van der Waals surface area contributed by atoms with Crippen molar-refractivity contribution in [3.63, 3.8) is 0 Å². The summed E-state index contributed by atoms with van der Waals surface area (Å²) >= 11 is 0. The fourth-order valence-corrected chi connectivity index (χ4v) is 4.61. The van der Waals surface area contributed by atoms with E-state index in [1.807, 2.05) is 31.2 Å². The highest BCUT2D eigenvalue weighted by Gasteiger charge is 2.25. The van der Waals surface area contributed by atoms with Crippen LogP contribution >= 0.6 is 0 Å². The van der Waals surface area contributed by atoms with Gasteiger partial charge in [0.25, 0.3) is 15.8 Å². The molecule has 0 radical (unpaired) electrons. The molecular weight excluding hydrogens is 322 g/mol. The molecule has 3 rings (SSSR count). The highest BCUT2D eigenvalue weighted by molar-refractivity contribution is 7.92. The Morgan fingerprint density at radius 2 is 1.83 bits per heavy atom. The number of benzene rings is 1. The van der Waals surface area contributed by atoms with Crippen LogP contribution in [0.4, 0.5) is 11.5 Å². The summed E-state index contributed by atoms with van der Waals surface area (Å²) in [5.74, 6) is 0.864. The standard InChI is InChI=1S/C18H23N3O2S/c1-2-21(16-10-4-3-5-11-16)24(22,23)17-12-13-18(19-14-17)20-15-8-6-7-9-15/h3-5,10-15H,2,6-9H2,1H3,(H,19,20)/p+1. The number of hydrogen-bond donors (Lipinski definition) is 1. The fraction of sp³-hybridized carbons (Fsp3) is 0.389. The second-order valence-electron chi connectivity index (χ2n) is 6.07. The molecule has 0 saturated heterocycles. The van der Waals surface area contributed by atoms with Crippen LogP contribution in [0.2, 0.25) is 0 Å². The number of pyridine rings is 1. The van der Waals surface area contributed by atoms with E-state index in [0.29, 0.717) is 18.3 Å². The van der Waals surface area contributed by atoms with Crippen molar-refractivity contribution in [2.75, 3.05) is 16.2 Å². The maximum atomic E-state index is 12.9. The summed E-state index contributed by atoms with van der Waals surface area (Å²) in [6, 6.07) is 13.1. The fourth-order valence-electron chi connectivity index (χ4n) is 3.16. The molecule has 2 N–H and O–H groups in total. The molecule has 1 fully saturated rings. The summed E-state index contributed by atoms with van der Waals surface area (Å²) in [5, 5.41) is 3.43. The van der Waals surface area contributed by atoms with E-state index in [-0.39, 0.29) is 4.90 Å². The molecule has 24 heavy (non-hydrogen) atoms. The van der Waals surface area contributed by atoms with Crippen molar-refractivity contribution in [2.24, 2.45) is 0 Å². The Morgan fingerprint density at radius 3 is 2.42 bits per heavy atom. The number of H-pyrrole nitrogens is 1. The minimum absolute atomic E-state index is 0.269. The number of anilines is 2. The lowest BCUT2D eigenvalue weighted by Crippen LogP contribution is -2.31. The predicted molar refractivity (Wildman–Crippen MR) is 95.5 cm³/mol. The minimum Gasteiger partial charge on any atom is -0.272 e. The molecule has 1 saturated carbocycles. The maximum absolute atomic E-state index is 12.9. The topological polar surface area (TPSA) is 63.6 Å². The number of sulfonamides is 1. The lowest BCUT2D eigenvalue weighted by molar-refractivity contribution is -0.364. The van der Waals surface area contributed by atoms with Gasteiger partial charge < -0.3 is 0 Å². The molecule has 1 aromatic heterocycles. The molecule has 0 amide bonds. The lowest BCUT2D eigenvalue weighted by Gasteiger charge is -2.22. The maximum Gasteiger partial charge on any atom is 0.272 e. The van der Waals surface area contributed by atoms with Crippen molar-refractivity contribution in [1.82, 2.24) is 0 Å². The average molecular weight is 346 g/mol. The Kier molecular flexibility index (Phi) is 5.04. The van der Waals surface area contributed by atoms with Gasteiger partial charge in [0, 0.05) is 12.6 Å². The third kappa shape index (κ3) is 3.53. The highest BCUT2D eigenvalue weighted by atomic mass is 32.2. The molecule has 0 bridgehead atoms. The van der Waals surface area contributed by atoms with E-state index in [4.69, 9.17) is 0 Å². The SMILES string of the molecule is CCN(c1ccccc1)S(=O)(=O)c1ccc(NC2CCCC2)[nH+]c1. The van der Waals surface area contributed by atoms with E-state index in [1.54, 1.807) is 24.4 Å². The molecule has 0 spiro atoms. The Balaban J connectivity index is 1.81. The third-order valence-corrected chi connectivity index (χ3v) is 6.32. The van der Waals surface area contributed by atoms with Gasteiger partial charge in [0.05, 0.1) is 11.7 Å². The zero-order valence-electron chi connectivity index (χ0n) is 13.9. The Labute approximate surface area is 143 Å². The van der Waals surface area contributed by atoms with Gasteiger partial charge in [0.1, 0.15) is 11.1 Å². The van der Waals surface area contributed by atoms with Gasteiger partial charge in [0.15, 0.2) is 0 Å².